The SMILES string of the molecule is COC(=O)C(C(=O)OC)[C@H](C)[C@@H](NC(=O)c1cccc(O)c1)C(=O)OC. The lowest BCUT2D eigenvalue weighted by molar-refractivity contribution is -0.162. The molecule has 0 spiro atoms. The summed E-state index contributed by atoms with van der Waals surface area (Å²) in [5.74, 6) is -5.99. The number of ether oxygens (including phenoxy) is 3. The van der Waals surface area contributed by atoms with Gasteiger partial charge in [0.25, 0.3) is 5.91 Å². The van der Waals surface area contributed by atoms with Crippen LogP contribution < -0.4 is 5.32 Å². The maximum atomic E-state index is 12.4. The number of esters is 3. The molecule has 1 rings (SSSR count). The Bertz CT molecular complexity index is 671. The lowest BCUT2D eigenvalue weighted by atomic mass is 9.87. The molecule has 9 heteroatoms. The highest BCUT2D eigenvalue weighted by atomic mass is 16.5. The molecule has 9 nitrogen and oxygen atoms in total. The molecule has 0 aliphatic carbocycles. The molecule has 0 saturated carbocycles. The Morgan fingerprint density at radius 1 is 0.962 bits per heavy atom. The van der Waals surface area contributed by atoms with Gasteiger partial charge in [-0.15, -0.1) is 0 Å². The fourth-order valence-corrected chi connectivity index (χ4v) is 2.38. The quantitative estimate of drug-likeness (QED) is 0.399. The molecule has 0 aliphatic rings. The second-order valence-corrected chi connectivity index (χ2v) is 5.41. The second kappa shape index (κ2) is 9.40. The Labute approximate surface area is 150 Å². The topological polar surface area (TPSA) is 128 Å². The maximum absolute atomic E-state index is 12.4. The van der Waals surface area contributed by atoms with Gasteiger partial charge in [0, 0.05) is 11.5 Å². The molecule has 0 unspecified atom stereocenters. The number of phenols is 1. The van der Waals surface area contributed by atoms with E-state index in [-0.39, 0.29) is 11.3 Å². The molecule has 0 bridgehead atoms. The van der Waals surface area contributed by atoms with Crippen molar-refractivity contribution in [2.75, 3.05) is 21.3 Å². The van der Waals surface area contributed by atoms with Crippen LogP contribution in [-0.4, -0.2) is 56.3 Å². The van der Waals surface area contributed by atoms with E-state index in [9.17, 15) is 24.3 Å². The number of aromatic hydroxyl groups is 1. The van der Waals surface area contributed by atoms with Crippen molar-refractivity contribution in [3.05, 3.63) is 29.8 Å². The van der Waals surface area contributed by atoms with Crippen molar-refractivity contribution in [1.82, 2.24) is 5.32 Å². The number of methoxy groups -OCH3 is 3. The van der Waals surface area contributed by atoms with Crippen LogP contribution in [0.15, 0.2) is 24.3 Å². The van der Waals surface area contributed by atoms with Crippen molar-refractivity contribution >= 4 is 23.8 Å². The standard InChI is InChI=1S/C17H21NO8/c1-9(12(15(21)24-2)16(22)25-3)13(17(23)26-4)18-14(20)10-6-5-7-11(19)8-10/h5-9,12-13,19H,1-4H3,(H,18,20)/t9-,13+/m0/s1. The fraction of sp³-hybridized carbons (Fsp3) is 0.412. The van der Waals surface area contributed by atoms with Gasteiger partial charge >= 0.3 is 17.9 Å². The fourth-order valence-electron chi connectivity index (χ4n) is 2.38. The Hall–Kier alpha value is -3.10. The Balaban J connectivity index is 3.15. The van der Waals surface area contributed by atoms with Crippen LogP contribution in [0.5, 0.6) is 5.75 Å². The van der Waals surface area contributed by atoms with Gasteiger partial charge in [-0.25, -0.2) is 4.79 Å². The van der Waals surface area contributed by atoms with Gasteiger partial charge in [0.1, 0.15) is 11.8 Å². The van der Waals surface area contributed by atoms with Gasteiger partial charge in [0.2, 0.25) is 0 Å². The number of hydrogen-bond acceptors (Lipinski definition) is 8. The highest BCUT2D eigenvalue weighted by molar-refractivity contribution is 5.99. The molecule has 2 N–H and O–H groups in total. The number of carbonyl (C=O) groups excluding carboxylic acids is 4. The van der Waals surface area contributed by atoms with E-state index < -0.39 is 41.7 Å². The first-order chi connectivity index (χ1) is 12.3. The Kier molecular flexibility index (Phi) is 7.57. The first-order valence-corrected chi connectivity index (χ1v) is 7.60. The van der Waals surface area contributed by atoms with Crippen LogP contribution >= 0.6 is 0 Å². The number of rotatable bonds is 7. The summed E-state index contributed by atoms with van der Waals surface area (Å²) < 4.78 is 13.8. The van der Waals surface area contributed by atoms with E-state index in [1.807, 2.05) is 0 Å². The summed E-state index contributed by atoms with van der Waals surface area (Å²) in [7, 11) is 3.28. The van der Waals surface area contributed by atoms with E-state index in [1.165, 1.54) is 31.2 Å². The number of carbonyl (C=O) groups is 4. The van der Waals surface area contributed by atoms with Crippen LogP contribution in [0.2, 0.25) is 0 Å². The largest absolute Gasteiger partial charge is 0.508 e. The Morgan fingerprint density at radius 2 is 1.50 bits per heavy atom. The highest BCUT2D eigenvalue weighted by Crippen LogP contribution is 2.21. The van der Waals surface area contributed by atoms with Gasteiger partial charge in [-0.2, -0.15) is 0 Å². The van der Waals surface area contributed by atoms with Crippen molar-refractivity contribution in [2.24, 2.45) is 11.8 Å². The summed E-state index contributed by atoms with van der Waals surface area (Å²) in [6.07, 6.45) is 0. The summed E-state index contributed by atoms with van der Waals surface area (Å²) in [6, 6.07) is 4.12. The highest BCUT2D eigenvalue weighted by Gasteiger charge is 2.42. The molecule has 0 aliphatic heterocycles. The maximum Gasteiger partial charge on any atom is 0.328 e. The molecule has 1 aromatic rings. The average molecular weight is 367 g/mol. The number of benzene rings is 1. The molecule has 1 aromatic carbocycles. The van der Waals surface area contributed by atoms with Gasteiger partial charge in [-0.05, 0) is 18.2 Å². The molecule has 0 aromatic heterocycles. The summed E-state index contributed by atoms with van der Waals surface area (Å²) >= 11 is 0. The summed E-state index contributed by atoms with van der Waals surface area (Å²) in [5.41, 5.74) is 0.0822. The van der Waals surface area contributed by atoms with E-state index in [4.69, 9.17) is 0 Å². The van der Waals surface area contributed by atoms with Crippen molar-refractivity contribution in [1.29, 1.82) is 0 Å². The molecule has 0 fully saturated rings. The van der Waals surface area contributed by atoms with Crippen molar-refractivity contribution in [3.8, 4) is 5.75 Å². The van der Waals surface area contributed by atoms with Crippen LogP contribution in [0.1, 0.15) is 17.3 Å². The number of nitrogens with one attached hydrogen (secondary N) is 1. The third kappa shape index (κ3) is 4.95. The molecule has 2 atom stereocenters. The third-order valence-electron chi connectivity index (χ3n) is 3.81. The van der Waals surface area contributed by atoms with Gasteiger partial charge < -0.3 is 24.6 Å². The van der Waals surface area contributed by atoms with Crippen molar-refractivity contribution < 1.29 is 38.5 Å². The summed E-state index contributed by atoms with van der Waals surface area (Å²) in [4.78, 5) is 48.4. The summed E-state index contributed by atoms with van der Waals surface area (Å²) in [5, 5.41) is 11.9. The second-order valence-electron chi connectivity index (χ2n) is 5.41. The Morgan fingerprint density at radius 3 is 1.96 bits per heavy atom. The number of amides is 1. The van der Waals surface area contributed by atoms with Crippen LogP contribution in [0, 0.1) is 11.8 Å². The molecular formula is C17H21NO8. The summed E-state index contributed by atoms with van der Waals surface area (Å²) in [6.45, 7) is 1.41. The van der Waals surface area contributed by atoms with E-state index in [0.717, 1.165) is 21.3 Å². The van der Waals surface area contributed by atoms with Crippen molar-refractivity contribution in [2.45, 2.75) is 13.0 Å². The van der Waals surface area contributed by atoms with Gasteiger partial charge in [-0.3, -0.25) is 14.4 Å². The number of hydrogen-bond donors (Lipinski definition) is 2. The predicted octanol–water partition coefficient (Wildman–Crippen LogP) is 0.262. The monoisotopic (exact) mass is 367 g/mol. The van der Waals surface area contributed by atoms with Crippen LogP contribution in [-0.2, 0) is 28.6 Å². The van der Waals surface area contributed by atoms with E-state index >= 15 is 0 Å². The minimum atomic E-state index is -1.45. The molecule has 142 valence electrons. The lowest BCUT2D eigenvalue weighted by Crippen LogP contribution is -2.51. The minimum Gasteiger partial charge on any atom is -0.508 e. The van der Waals surface area contributed by atoms with Gasteiger partial charge in [-0.1, -0.05) is 13.0 Å². The van der Waals surface area contributed by atoms with E-state index in [2.05, 4.69) is 19.5 Å². The molecular weight excluding hydrogens is 346 g/mol. The molecule has 1 amide bonds. The smallest absolute Gasteiger partial charge is 0.328 e. The first-order valence-electron chi connectivity index (χ1n) is 7.60. The average Bonchev–Trinajstić information content (AvgIpc) is 2.64. The van der Waals surface area contributed by atoms with Crippen molar-refractivity contribution in [3.63, 3.8) is 0 Å². The molecule has 0 heterocycles. The first kappa shape index (κ1) is 20.9. The molecule has 0 saturated heterocycles. The molecule has 26 heavy (non-hydrogen) atoms. The minimum absolute atomic E-state index is 0.0822. The zero-order chi connectivity index (χ0) is 19.9. The van der Waals surface area contributed by atoms with E-state index in [0.29, 0.717) is 0 Å². The predicted molar refractivity (Wildman–Crippen MR) is 88.1 cm³/mol. The van der Waals surface area contributed by atoms with Crippen LogP contribution in [0.3, 0.4) is 0 Å². The van der Waals surface area contributed by atoms with Crippen LogP contribution in [0.4, 0.5) is 0 Å². The molecule has 0 radical (unpaired) electrons. The number of phenolic OH excluding ortho intramolecular Hbond substituents is 1. The zero-order valence-corrected chi connectivity index (χ0v) is 14.8. The van der Waals surface area contributed by atoms with E-state index in [1.54, 1.807) is 0 Å². The normalized spacial score (nSPS) is 12.7. The van der Waals surface area contributed by atoms with Gasteiger partial charge in [0.15, 0.2) is 5.92 Å². The lowest BCUT2D eigenvalue weighted by Gasteiger charge is -2.27. The van der Waals surface area contributed by atoms with Crippen LogP contribution in [0.25, 0.3) is 0 Å². The van der Waals surface area contributed by atoms with Gasteiger partial charge in [0.05, 0.1) is 21.3 Å². The third-order valence-corrected chi connectivity index (χ3v) is 3.81. The zero-order valence-electron chi connectivity index (χ0n) is 14.8.